The van der Waals surface area contributed by atoms with Crippen LogP contribution in [-0.2, 0) is 4.74 Å². The highest BCUT2D eigenvalue weighted by atomic mass is 16.5. The minimum Gasteiger partial charge on any atom is -0.389 e. The van der Waals surface area contributed by atoms with E-state index in [0.717, 1.165) is 0 Å². The molecule has 2 amide bonds. The number of aliphatic hydroxyl groups excluding tert-OH is 1. The third-order valence-electron chi connectivity index (χ3n) is 4.16. The van der Waals surface area contributed by atoms with Crippen molar-refractivity contribution in [1.82, 2.24) is 9.80 Å². The summed E-state index contributed by atoms with van der Waals surface area (Å²) < 4.78 is 5.21. The molecule has 1 saturated heterocycles. The van der Waals surface area contributed by atoms with Crippen LogP contribution in [0, 0.1) is 0 Å². The second-order valence-corrected chi connectivity index (χ2v) is 6.17. The molecular weight excluding hydrogens is 322 g/mol. The number of carbonyl (C=O) groups excluding carboxylic acids is 2. The molecule has 1 heterocycles. The average Bonchev–Trinajstić information content (AvgIpc) is 2.60. The maximum absolute atomic E-state index is 12.4. The molecule has 1 aromatic carbocycles. The van der Waals surface area contributed by atoms with Crippen LogP contribution in [0.4, 0.5) is 10.5 Å². The van der Waals surface area contributed by atoms with E-state index >= 15 is 0 Å². The highest BCUT2D eigenvalue weighted by Gasteiger charge is 2.22. The lowest BCUT2D eigenvalue weighted by Gasteiger charge is -2.35. The van der Waals surface area contributed by atoms with Gasteiger partial charge in [0.1, 0.15) is 0 Å². The van der Waals surface area contributed by atoms with Gasteiger partial charge in [-0.3, -0.25) is 9.69 Å². The van der Waals surface area contributed by atoms with E-state index in [4.69, 9.17) is 4.74 Å². The molecule has 25 heavy (non-hydrogen) atoms. The van der Waals surface area contributed by atoms with Gasteiger partial charge in [-0.05, 0) is 26.0 Å². The van der Waals surface area contributed by atoms with Crippen molar-refractivity contribution < 1.29 is 19.4 Å². The number of ether oxygens (including phenoxy) is 1. The first-order chi connectivity index (χ1) is 12.0. The van der Waals surface area contributed by atoms with E-state index in [0.29, 0.717) is 57.2 Å². The molecule has 7 nitrogen and oxygen atoms in total. The molecule has 1 aliphatic rings. The SMILES string of the molecule is CCOCC(O)CN1CCN(C(=O)Nc2cccc(C(C)=O)c2)CC1. The zero-order chi connectivity index (χ0) is 18.2. The summed E-state index contributed by atoms with van der Waals surface area (Å²) in [5, 5.41) is 12.7. The number of aliphatic hydroxyl groups is 1. The topological polar surface area (TPSA) is 82.1 Å². The number of nitrogens with zero attached hydrogens (tertiary/aromatic N) is 2. The Morgan fingerprint density at radius 3 is 2.64 bits per heavy atom. The fourth-order valence-corrected chi connectivity index (χ4v) is 2.76. The Morgan fingerprint density at radius 1 is 1.28 bits per heavy atom. The third-order valence-corrected chi connectivity index (χ3v) is 4.16. The van der Waals surface area contributed by atoms with E-state index in [-0.39, 0.29) is 11.8 Å². The van der Waals surface area contributed by atoms with Crippen LogP contribution in [0.1, 0.15) is 24.2 Å². The van der Waals surface area contributed by atoms with Gasteiger partial charge in [0.05, 0.1) is 12.7 Å². The summed E-state index contributed by atoms with van der Waals surface area (Å²) in [5.74, 6) is -0.0321. The second kappa shape index (κ2) is 9.50. The average molecular weight is 349 g/mol. The van der Waals surface area contributed by atoms with Crippen LogP contribution in [0.5, 0.6) is 0 Å². The first kappa shape index (κ1) is 19.4. The van der Waals surface area contributed by atoms with Gasteiger partial charge in [-0.2, -0.15) is 0 Å². The summed E-state index contributed by atoms with van der Waals surface area (Å²) in [6, 6.07) is 6.76. The normalized spacial score (nSPS) is 16.5. The number of anilines is 1. The van der Waals surface area contributed by atoms with Crippen molar-refractivity contribution in [2.45, 2.75) is 20.0 Å². The summed E-state index contributed by atoms with van der Waals surface area (Å²) in [5.41, 5.74) is 1.19. The molecule has 2 rings (SSSR count). The monoisotopic (exact) mass is 349 g/mol. The predicted molar refractivity (Wildman–Crippen MR) is 96.0 cm³/mol. The Balaban J connectivity index is 1.79. The fourth-order valence-electron chi connectivity index (χ4n) is 2.76. The lowest BCUT2D eigenvalue weighted by atomic mass is 10.1. The molecule has 1 aromatic rings. The van der Waals surface area contributed by atoms with Gasteiger partial charge in [-0.15, -0.1) is 0 Å². The first-order valence-corrected chi connectivity index (χ1v) is 8.64. The highest BCUT2D eigenvalue weighted by molar-refractivity contribution is 5.96. The van der Waals surface area contributed by atoms with Crippen LogP contribution < -0.4 is 5.32 Å². The van der Waals surface area contributed by atoms with Gasteiger partial charge >= 0.3 is 6.03 Å². The maximum atomic E-state index is 12.4. The van der Waals surface area contributed by atoms with Crippen LogP contribution in [0.15, 0.2) is 24.3 Å². The van der Waals surface area contributed by atoms with Crippen LogP contribution in [0.2, 0.25) is 0 Å². The molecule has 1 atom stereocenters. The van der Waals surface area contributed by atoms with Gasteiger partial charge in [0, 0.05) is 50.6 Å². The summed E-state index contributed by atoms with van der Waals surface area (Å²) in [7, 11) is 0. The van der Waals surface area contributed by atoms with Crippen molar-refractivity contribution in [3.05, 3.63) is 29.8 Å². The number of ketones is 1. The molecule has 138 valence electrons. The molecule has 1 unspecified atom stereocenters. The zero-order valence-electron chi connectivity index (χ0n) is 14.9. The van der Waals surface area contributed by atoms with Gasteiger partial charge < -0.3 is 20.1 Å². The van der Waals surface area contributed by atoms with Crippen molar-refractivity contribution in [3.63, 3.8) is 0 Å². The molecule has 0 bridgehead atoms. The number of hydrogen-bond acceptors (Lipinski definition) is 5. The molecule has 2 N–H and O–H groups in total. The summed E-state index contributed by atoms with van der Waals surface area (Å²) in [6.07, 6.45) is -0.505. The molecule has 1 aliphatic heterocycles. The smallest absolute Gasteiger partial charge is 0.321 e. The Hall–Kier alpha value is -1.96. The molecule has 1 fully saturated rings. The number of piperazine rings is 1. The van der Waals surface area contributed by atoms with Crippen molar-refractivity contribution in [1.29, 1.82) is 0 Å². The van der Waals surface area contributed by atoms with Gasteiger partial charge in [0.25, 0.3) is 0 Å². The van der Waals surface area contributed by atoms with Crippen molar-refractivity contribution in [2.24, 2.45) is 0 Å². The number of amides is 2. The van der Waals surface area contributed by atoms with Crippen LogP contribution in [-0.4, -0.2) is 78.8 Å². The summed E-state index contributed by atoms with van der Waals surface area (Å²) >= 11 is 0. The van der Waals surface area contributed by atoms with E-state index < -0.39 is 6.10 Å². The van der Waals surface area contributed by atoms with Gasteiger partial charge in [-0.25, -0.2) is 4.79 Å². The Labute approximate surface area is 148 Å². The maximum Gasteiger partial charge on any atom is 0.321 e. The number of urea groups is 1. The van der Waals surface area contributed by atoms with Crippen molar-refractivity contribution >= 4 is 17.5 Å². The summed E-state index contributed by atoms with van der Waals surface area (Å²) in [4.78, 5) is 27.6. The molecule has 7 heteroatoms. The zero-order valence-corrected chi connectivity index (χ0v) is 14.9. The number of Topliss-reactive ketones (excluding diaryl/α,β-unsaturated/α-hetero) is 1. The van der Waals surface area contributed by atoms with E-state index in [1.165, 1.54) is 6.92 Å². The molecule has 0 aromatic heterocycles. The van der Waals surface area contributed by atoms with E-state index in [1.807, 2.05) is 6.92 Å². The Morgan fingerprint density at radius 2 is 2.00 bits per heavy atom. The molecule has 0 aliphatic carbocycles. The minimum absolute atomic E-state index is 0.0321. The highest BCUT2D eigenvalue weighted by Crippen LogP contribution is 2.13. The van der Waals surface area contributed by atoms with Gasteiger partial charge in [-0.1, -0.05) is 12.1 Å². The lowest BCUT2D eigenvalue weighted by molar-refractivity contribution is 0.0139. The minimum atomic E-state index is -0.505. The van der Waals surface area contributed by atoms with Gasteiger partial charge in [0.2, 0.25) is 0 Å². The number of carbonyl (C=O) groups is 2. The third kappa shape index (κ3) is 6.12. The van der Waals surface area contributed by atoms with Crippen molar-refractivity contribution in [2.75, 3.05) is 51.3 Å². The standard InChI is InChI=1S/C18H27N3O4/c1-3-25-13-17(23)12-20-7-9-21(10-8-20)18(24)19-16-6-4-5-15(11-16)14(2)22/h4-6,11,17,23H,3,7-10,12-13H2,1-2H3,(H,19,24). The Bertz CT molecular complexity index is 585. The molecular formula is C18H27N3O4. The van der Waals surface area contributed by atoms with Crippen molar-refractivity contribution in [3.8, 4) is 0 Å². The number of rotatable bonds is 7. The van der Waals surface area contributed by atoms with Gasteiger partial charge in [0.15, 0.2) is 5.78 Å². The number of benzene rings is 1. The molecule has 0 radical (unpaired) electrons. The van der Waals surface area contributed by atoms with Crippen LogP contribution in [0.3, 0.4) is 0 Å². The molecule has 0 saturated carbocycles. The number of hydrogen-bond donors (Lipinski definition) is 2. The fraction of sp³-hybridized carbons (Fsp3) is 0.556. The lowest BCUT2D eigenvalue weighted by Crippen LogP contribution is -2.51. The van der Waals surface area contributed by atoms with E-state index in [2.05, 4.69) is 10.2 Å². The second-order valence-electron chi connectivity index (χ2n) is 6.17. The Kier molecular flexibility index (Phi) is 7.36. The van der Waals surface area contributed by atoms with E-state index in [9.17, 15) is 14.7 Å². The summed E-state index contributed by atoms with van der Waals surface area (Å²) in [6.45, 7) is 7.50. The number of nitrogens with one attached hydrogen (secondary N) is 1. The first-order valence-electron chi connectivity index (χ1n) is 8.64. The van der Waals surface area contributed by atoms with Crippen LogP contribution >= 0.6 is 0 Å². The van der Waals surface area contributed by atoms with E-state index in [1.54, 1.807) is 29.2 Å². The quantitative estimate of drug-likeness (QED) is 0.728. The number of β-amino-alcohol motifs (C(OH)–C–C–N with tert-alkyl or cyclic N) is 1. The molecule has 0 spiro atoms. The predicted octanol–water partition coefficient (Wildman–Crippen LogP) is 1.44. The largest absolute Gasteiger partial charge is 0.389 e. The van der Waals surface area contributed by atoms with Crippen LogP contribution in [0.25, 0.3) is 0 Å².